The number of nitrogens with one attached hydrogen (secondary N) is 1. The number of alkyl halides is 24. The fourth-order valence-corrected chi connectivity index (χ4v) is 19.7. The Morgan fingerprint density at radius 3 is 0.583 bits per heavy atom. The van der Waals surface area contributed by atoms with E-state index in [0.29, 0.717) is 0 Å². The first-order chi connectivity index (χ1) is 32.0. The van der Waals surface area contributed by atoms with Crippen LogP contribution in [-0.4, -0.2) is 22.6 Å². The Hall–Kier alpha value is -5.12. The number of hydrogen-bond acceptors (Lipinski definition) is 0. The first kappa shape index (κ1) is 59.4. The fraction of sp³-hybridized carbons (Fsp3) is 0.318. The molecule has 0 aliphatic carbocycles. The average molecular weight is 1100 g/mol. The number of quaternary nitrogens is 1. The Kier molecular flexibility index (Phi) is 15.9. The molecule has 5 aromatic rings. The maximum atomic E-state index is 14.2. The van der Waals surface area contributed by atoms with E-state index < -0.39 is 211 Å². The summed E-state index contributed by atoms with van der Waals surface area (Å²) in [5.74, 6) is 0. The summed E-state index contributed by atoms with van der Waals surface area (Å²) in [5.41, 5.74) is -28.7. The summed E-state index contributed by atoms with van der Waals surface area (Å²) in [5, 5.41) is 0. The van der Waals surface area contributed by atoms with Crippen LogP contribution < -0.4 is 26.1 Å². The SMILES string of the molecule is C[Si](C)(C)[NH+](c1ccccc1)[Si](C)(C)C.FC(F)(F)c1cc([B-](c2cc(C(F)(F)F)cc(C(F)(F)F)c2)(c2cc(C(F)(F)F)cc(C(F)(F)F)c2)c2cc(C(F)(F)F)cc(C(F)(F)F)c2)cc(C(F)(F)F)c1. The van der Waals surface area contributed by atoms with E-state index in [2.05, 4.69) is 69.6 Å². The Labute approximate surface area is 395 Å². The van der Waals surface area contributed by atoms with Crippen LogP contribution in [0.3, 0.4) is 0 Å². The van der Waals surface area contributed by atoms with Crippen molar-refractivity contribution in [3.05, 3.63) is 148 Å². The van der Waals surface area contributed by atoms with Crippen molar-refractivity contribution >= 4 is 50.2 Å². The van der Waals surface area contributed by atoms with E-state index in [4.69, 9.17) is 0 Å². The number of benzene rings is 5. The van der Waals surface area contributed by atoms with Gasteiger partial charge in [0, 0.05) is 0 Å². The monoisotopic (exact) mass is 1100 g/mol. The zero-order valence-electron chi connectivity index (χ0n) is 37.5. The molecule has 0 saturated carbocycles. The van der Waals surface area contributed by atoms with Crippen LogP contribution in [-0.2, 0) is 49.4 Å². The van der Waals surface area contributed by atoms with Crippen molar-refractivity contribution < 1.29 is 110 Å². The normalized spacial score (nSPS) is 14.1. The molecule has 0 unspecified atom stereocenters. The van der Waals surface area contributed by atoms with E-state index in [1.807, 2.05) is 0 Å². The molecule has 0 fully saturated rings. The molecule has 0 radical (unpaired) electrons. The summed E-state index contributed by atoms with van der Waals surface area (Å²) in [6.45, 7) is 14.8. The third-order valence-electron chi connectivity index (χ3n) is 11.0. The minimum Gasteiger partial charge on any atom is -0.423 e. The van der Waals surface area contributed by atoms with E-state index in [0.717, 1.165) is 0 Å². The molecule has 0 bridgehead atoms. The first-order valence-electron chi connectivity index (χ1n) is 20.3. The quantitative estimate of drug-likeness (QED) is 0.122. The van der Waals surface area contributed by atoms with E-state index in [9.17, 15) is 105 Å². The first-order valence-corrected chi connectivity index (χ1v) is 27.3. The Balaban J connectivity index is 0.000000639. The summed E-state index contributed by atoms with van der Waals surface area (Å²) in [6.07, 6.45) is -54.8. The van der Waals surface area contributed by atoms with E-state index >= 15 is 0 Å². The lowest BCUT2D eigenvalue weighted by Gasteiger charge is -2.46. The third kappa shape index (κ3) is 13.7. The molecule has 0 amide bonds. The molecule has 1 N–H and O–H groups in total. The minimum atomic E-state index is -6.13. The predicted octanol–water partition coefficient (Wildman–Crippen LogP) is 14.1. The van der Waals surface area contributed by atoms with Crippen LogP contribution in [0.2, 0.25) is 39.3 Å². The summed E-state index contributed by atoms with van der Waals surface area (Å²) >= 11 is 0. The molecule has 396 valence electrons. The van der Waals surface area contributed by atoms with Crippen LogP contribution in [0.25, 0.3) is 0 Å². The molecule has 1 nitrogen and oxygen atoms in total. The van der Waals surface area contributed by atoms with Crippen LogP contribution in [0.4, 0.5) is 111 Å². The van der Waals surface area contributed by atoms with Gasteiger partial charge in [-0.05, 0) is 75.7 Å². The largest absolute Gasteiger partial charge is 0.423 e. The highest BCUT2D eigenvalue weighted by molar-refractivity contribution is 7.20. The second kappa shape index (κ2) is 19.3. The van der Waals surface area contributed by atoms with Gasteiger partial charge in [-0.25, -0.2) is 0 Å². The molecule has 0 aromatic heterocycles. The van der Waals surface area contributed by atoms with Gasteiger partial charge in [0.1, 0.15) is 6.15 Å². The van der Waals surface area contributed by atoms with Crippen LogP contribution in [0.1, 0.15) is 44.5 Å². The Morgan fingerprint density at radius 1 is 0.278 bits per heavy atom. The smallest absolute Gasteiger partial charge is 0.416 e. The summed E-state index contributed by atoms with van der Waals surface area (Å²) in [6, 6.07) is 2.19. The van der Waals surface area contributed by atoms with Gasteiger partial charge in [-0.3, -0.25) is 0 Å². The summed E-state index contributed by atoms with van der Waals surface area (Å²) in [7, 11) is -2.37. The van der Waals surface area contributed by atoms with Gasteiger partial charge in [-0.2, -0.15) is 127 Å². The Morgan fingerprint density at radius 2 is 0.444 bits per heavy atom. The van der Waals surface area contributed by atoms with E-state index in [1.54, 1.807) is 4.23 Å². The summed E-state index contributed by atoms with van der Waals surface area (Å²) < 4.78 is 343. The number of rotatable bonds is 7. The lowest BCUT2D eigenvalue weighted by atomic mass is 9.12. The van der Waals surface area contributed by atoms with Crippen LogP contribution in [0, 0.1) is 0 Å². The molecule has 0 heterocycles. The zero-order chi connectivity index (χ0) is 55.6. The number of halogens is 24. The topological polar surface area (TPSA) is 4.44 Å². The van der Waals surface area contributed by atoms with Crippen molar-refractivity contribution in [3.8, 4) is 0 Å². The minimum absolute atomic E-state index is 0.691. The molecule has 72 heavy (non-hydrogen) atoms. The van der Waals surface area contributed by atoms with Gasteiger partial charge in [-0.1, -0.05) is 66.7 Å². The highest BCUT2D eigenvalue weighted by Gasteiger charge is 2.48. The molecular weight excluding hydrogens is 1070 g/mol. The summed E-state index contributed by atoms with van der Waals surface area (Å²) in [4.78, 5) is 0. The molecule has 0 saturated heterocycles. The highest BCUT2D eigenvalue weighted by Crippen LogP contribution is 2.41. The van der Waals surface area contributed by atoms with Gasteiger partial charge in [0.15, 0.2) is 0 Å². The fourth-order valence-electron chi connectivity index (χ4n) is 8.67. The molecule has 5 rings (SSSR count). The van der Waals surface area contributed by atoms with Gasteiger partial charge in [-0.15, -0.1) is 0 Å². The second-order valence-corrected chi connectivity index (χ2v) is 29.0. The van der Waals surface area contributed by atoms with Gasteiger partial charge in [0.05, 0.1) is 50.2 Å². The standard InChI is InChI=1S/C32H12BF24.C12H23NSi2/c34-25(35,36)13-1-14(26(37,38)39)6-21(5-13)33(22-7-15(27(40,41)42)2-16(8-22)28(43,44)45,23-9-17(29(46,47)48)3-18(10-23)30(49,50)51)24-11-19(31(52,53)54)4-20(12-24)32(55,56)57;1-14(2,3)13(15(4,5)6)12-10-8-7-9-11-12/h1-12H;7-11H,1-6H3/q-1;/p+1. The van der Waals surface area contributed by atoms with Crippen molar-refractivity contribution in [1.82, 2.24) is 0 Å². The lowest BCUT2D eigenvalue weighted by molar-refractivity contribution is -0.599. The van der Waals surface area contributed by atoms with Crippen LogP contribution in [0.15, 0.2) is 103 Å². The van der Waals surface area contributed by atoms with E-state index in [1.165, 1.54) is 5.69 Å². The van der Waals surface area contributed by atoms with Gasteiger partial charge in [0.2, 0.25) is 0 Å². The van der Waals surface area contributed by atoms with Crippen molar-refractivity contribution in [1.29, 1.82) is 0 Å². The molecular formula is C44H36BF24NSi2. The third-order valence-corrected chi connectivity index (χ3v) is 19.1. The molecule has 0 atom stereocenters. The van der Waals surface area contributed by atoms with Crippen molar-refractivity contribution in [2.75, 3.05) is 0 Å². The van der Waals surface area contributed by atoms with Crippen molar-refractivity contribution in [3.63, 3.8) is 0 Å². The molecule has 0 spiro atoms. The van der Waals surface area contributed by atoms with Crippen molar-refractivity contribution in [2.24, 2.45) is 0 Å². The van der Waals surface area contributed by atoms with Crippen molar-refractivity contribution in [2.45, 2.75) is 88.7 Å². The maximum Gasteiger partial charge on any atom is 0.416 e. The van der Waals surface area contributed by atoms with Crippen LogP contribution in [0.5, 0.6) is 0 Å². The molecule has 0 aliphatic heterocycles. The highest BCUT2D eigenvalue weighted by atomic mass is 28.4. The molecule has 28 heteroatoms. The molecule has 0 aliphatic rings. The Bertz CT molecular complexity index is 2260. The van der Waals surface area contributed by atoms with Crippen LogP contribution >= 0.6 is 0 Å². The van der Waals surface area contributed by atoms with Gasteiger partial charge < -0.3 is 4.23 Å². The maximum absolute atomic E-state index is 14.2. The predicted molar refractivity (Wildman–Crippen MR) is 224 cm³/mol. The zero-order valence-corrected chi connectivity index (χ0v) is 39.5. The van der Waals surface area contributed by atoms with E-state index in [-0.39, 0.29) is 0 Å². The second-order valence-electron chi connectivity index (χ2n) is 18.5. The lowest BCUT2D eigenvalue weighted by Crippen LogP contribution is -3.25. The average Bonchev–Trinajstić information content (AvgIpc) is 3.18. The number of hydrogen-bond donors (Lipinski definition) is 1. The molecule has 5 aromatic carbocycles. The van der Waals surface area contributed by atoms with Gasteiger partial charge in [0.25, 0.3) is 16.5 Å². The van der Waals surface area contributed by atoms with Gasteiger partial charge >= 0.3 is 49.4 Å².